The summed E-state index contributed by atoms with van der Waals surface area (Å²) in [7, 11) is 0. The van der Waals surface area contributed by atoms with Gasteiger partial charge in [-0.3, -0.25) is 10.1 Å². The van der Waals surface area contributed by atoms with Gasteiger partial charge in [0.2, 0.25) is 0 Å². The molecule has 0 fully saturated rings. The van der Waals surface area contributed by atoms with Crippen molar-refractivity contribution in [3.63, 3.8) is 0 Å². The van der Waals surface area contributed by atoms with Crippen LogP contribution in [-0.4, -0.2) is 17.1 Å². The molecule has 0 saturated carbocycles. The van der Waals surface area contributed by atoms with Gasteiger partial charge in [-0.2, -0.15) is 0 Å². The molecular formula is C15H15NO2. The molecule has 0 heterocycles. The molecule has 3 heteroatoms. The van der Waals surface area contributed by atoms with Crippen LogP contribution in [0.2, 0.25) is 0 Å². The third-order valence-corrected chi connectivity index (χ3v) is 2.89. The summed E-state index contributed by atoms with van der Waals surface area (Å²) >= 11 is 0. The number of fused-ring (bicyclic) bond motifs is 1. The number of hydrogen-bond donors (Lipinski definition) is 2. The molecular weight excluding hydrogens is 226 g/mol. The fourth-order valence-corrected chi connectivity index (χ4v) is 1.94. The maximum atomic E-state index is 10.9. The lowest BCUT2D eigenvalue weighted by Gasteiger charge is -2.11. The van der Waals surface area contributed by atoms with Gasteiger partial charge < -0.3 is 5.11 Å². The molecule has 1 unspecified atom stereocenters. The Kier molecular flexibility index (Phi) is 3.75. The minimum atomic E-state index is -0.912. The lowest BCUT2D eigenvalue weighted by molar-refractivity contribution is -0.138. The van der Waals surface area contributed by atoms with Gasteiger partial charge in [-0.1, -0.05) is 48.5 Å². The number of nitrogens with one attached hydrogen (secondary N) is 1. The van der Waals surface area contributed by atoms with Crippen LogP contribution in [0, 0.1) is 0 Å². The third kappa shape index (κ3) is 2.57. The standard InChI is InChI=1S/C15H15NO2/c1-2-14(15(17)18)16-10-12-8-5-7-11-6-3-4-9-13(11)12/h2-9,14,16H,1,10H2,(H,17,18). The van der Waals surface area contributed by atoms with Crippen molar-refractivity contribution in [2.24, 2.45) is 0 Å². The van der Waals surface area contributed by atoms with Crippen LogP contribution in [0.3, 0.4) is 0 Å². The number of rotatable bonds is 5. The van der Waals surface area contributed by atoms with Gasteiger partial charge in [0.1, 0.15) is 6.04 Å². The van der Waals surface area contributed by atoms with E-state index in [1.54, 1.807) is 0 Å². The lowest BCUT2D eigenvalue weighted by Crippen LogP contribution is -2.34. The Balaban J connectivity index is 2.22. The van der Waals surface area contributed by atoms with E-state index in [0.29, 0.717) is 6.54 Å². The molecule has 0 aliphatic rings. The lowest BCUT2D eigenvalue weighted by atomic mass is 10.0. The van der Waals surface area contributed by atoms with E-state index in [0.717, 1.165) is 16.3 Å². The average molecular weight is 241 g/mol. The van der Waals surface area contributed by atoms with Crippen LogP contribution >= 0.6 is 0 Å². The number of hydrogen-bond acceptors (Lipinski definition) is 2. The molecule has 92 valence electrons. The van der Waals surface area contributed by atoms with Crippen molar-refractivity contribution in [3.05, 3.63) is 60.7 Å². The minimum absolute atomic E-state index is 0.504. The summed E-state index contributed by atoms with van der Waals surface area (Å²) in [6.45, 7) is 4.02. The van der Waals surface area contributed by atoms with Crippen molar-refractivity contribution in [2.45, 2.75) is 12.6 Å². The Labute approximate surface area is 106 Å². The summed E-state index contributed by atoms with van der Waals surface area (Å²) < 4.78 is 0. The van der Waals surface area contributed by atoms with Gasteiger partial charge in [0, 0.05) is 6.54 Å². The molecule has 0 aromatic heterocycles. The molecule has 0 aliphatic carbocycles. The van der Waals surface area contributed by atoms with Crippen LogP contribution in [0.4, 0.5) is 0 Å². The van der Waals surface area contributed by atoms with E-state index >= 15 is 0 Å². The Morgan fingerprint density at radius 3 is 2.72 bits per heavy atom. The highest BCUT2D eigenvalue weighted by Crippen LogP contribution is 2.18. The highest BCUT2D eigenvalue weighted by atomic mass is 16.4. The predicted molar refractivity (Wildman–Crippen MR) is 72.4 cm³/mol. The van der Waals surface area contributed by atoms with Crippen molar-refractivity contribution >= 4 is 16.7 Å². The second-order valence-electron chi connectivity index (χ2n) is 4.07. The first-order valence-corrected chi connectivity index (χ1v) is 5.78. The molecule has 3 nitrogen and oxygen atoms in total. The van der Waals surface area contributed by atoms with Crippen molar-refractivity contribution in [1.82, 2.24) is 5.32 Å². The zero-order chi connectivity index (χ0) is 13.0. The molecule has 2 N–H and O–H groups in total. The summed E-state index contributed by atoms with van der Waals surface area (Å²) in [6.07, 6.45) is 1.40. The predicted octanol–water partition coefficient (Wildman–Crippen LogP) is 2.57. The number of benzene rings is 2. The van der Waals surface area contributed by atoms with Crippen molar-refractivity contribution in [2.75, 3.05) is 0 Å². The fourth-order valence-electron chi connectivity index (χ4n) is 1.94. The summed E-state index contributed by atoms with van der Waals surface area (Å²) in [4.78, 5) is 10.9. The Morgan fingerprint density at radius 2 is 2.00 bits per heavy atom. The molecule has 18 heavy (non-hydrogen) atoms. The Morgan fingerprint density at radius 1 is 1.28 bits per heavy atom. The molecule has 0 spiro atoms. The largest absolute Gasteiger partial charge is 0.480 e. The molecule has 2 rings (SSSR count). The molecule has 0 bridgehead atoms. The highest BCUT2D eigenvalue weighted by Gasteiger charge is 2.12. The summed E-state index contributed by atoms with van der Waals surface area (Å²) in [5.41, 5.74) is 1.08. The second kappa shape index (κ2) is 5.47. The maximum Gasteiger partial charge on any atom is 0.324 e. The van der Waals surface area contributed by atoms with Crippen LogP contribution in [0.15, 0.2) is 55.1 Å². The van der Waals surface area contributed by atoms with E-state index in [1.807, 2.05) is 42.5 Å². The van der Waals surface area contributed by atoms with Crippen LogP contribution in [0.1, 0.15) is 5.56 Å². The first-order chi connectivity index (χ1) is 8.72. The Bertz CT molecular complexity index is 572. The summed E-state index contributed by atoms with van der Waals surface area (Å²) in [5, 5.41) is 14.2. The van der Waals surface area contributed by atoms with Gasteiger partial charge in [-0.25, -0.2) is 0 Å². The number of carboxylic acids is 1. The number of carbonyl (C=O) groups is 1. The van der Waals surface area contributed by atoms with E-state index in [2.05, 4.69) is 11.9 Å². The zero-order valence-corrected chi connectivity index (χ0v) is 9.97. The van der Waals surface area contributed by atoms with Gasteiger partial charge >= 0.3 is 5.97 Å². The van der Waals surface area contributed by atoms with Crippen molar-refractivity contribution in [3.8, 4) is 0 Å². The molecule has 0 aliphatic heterocycles. The normalized spacial score (nSPS) is 12.2. The van der Waals surface area contributed by atoms with Gasteiger partial charge in [0.15, 0.2) is 0 Å². The monoisotopic (exact) mass is 241 g/mol. The molecule has 2 aromatic rings. The van der Waals surface area contributed by atoms with Gasteiger partial charge in [0.05, 0.1) is 0 Å². The van der Waals surface area contributed by atoms with Crippen molar-refractivity contribution in [1.29, 1.82) is 0 Å². The van der Waals surface area contributed by atoms with Crippen LogP contribution in [0.5, 0.6) is 0 Å². The molecule has 0 amide bonds. The molecule has 1 atom stereocenters. The fraction of sp³-hybridized carbons (Fsp3) is 0.133. The Hall–Kier alpha value is -2.13. The van der Waals surface area contributed by atoms with E-state index in [9.17, 15) is 4.79 Å². The van der Waals surface area contributed by atoms with E-state index < -0.39 is 12.0 Å². The number of aliphatic carboxylic acids is 1. The topological polar surface area (TPSA) is 49.3 Å². The zero-order valence-electron chi connectivity index (χ0n) is 9.97. The van der Waals surface area contributed by atoms with Crippen molar-refractivity contribution < 1.29 is 9.90 Å². The summed E-state index contributed by atoms with van der Waals surface area (Å²) in [5.74, 6) is -0.912. The van der Waals surface area contributed by atoms with Crippen LogP contribution in [-0.2, 0) is 11.3 Å². The smallest absolute Gasteiger partial charge is 0.324 e. The maximum absolute atomic E-state index is 10.9. The third-order valence-electron chi connectivity index (χ3n) is 2.89. The average Bonchev–Trinajstić information content (AvgIpc) is 2.39. The first kappa shape index (κ1) is 12.3. The summed E-state index contributed by atoms with van der Waals surface area (Å²) in [6, 6.07) is 13.3. The first-order valence-electron chi connectivity index (χ1n) is 5.78. The van der Waals surface area contributed by atoms with E-state index in [1.165, 1.54) is 6.08 Å². The molecule has 2 aromatic carbocycles. The van der Waals surface area contributed by atoms with Crippen LogP contribution in [0.25, 0.3) is 10.8 Å². The minimum Gasteiger partial charge on any atom is -0.480 e. The van der Waals surface area contributed by atoms with Gasteiger partial charge in [-0.05, 0) is 16.3 Å². The van der Waals surface area contributed by atoms with Gasteiger partial charge in [0.25, 0.3) is 0 Å². The SMILES string of the molecule is C=CC(NCc1cccc2ccccc12)C(=O)O. The number of carboxylic acid groups (broad SMARTS) is 1. The van der Waals surface area contributed by atoms with E-state index in [4.69, 9.17) is 5.11 Å². The van der Waals surface area contributed by atoms with Gasteiger partial charge in [-0.15, -0.1) is 6.58 Å². The quantitative estimate of drug-likeness (QED) is 0.791. The van der Waals surface area contributed by atoms with Crippen LogP contribution < -0.4 is 5.32 Å². The van der Waals surface area contributed by atoms with E-state index in [-0.39, 0.29) is 0 Å². The highest BCUT2D eigenvalue weighted by molar-refractivity contribution is 5.85. The second-order valence-corrected chi connectivity index (χ2v) is 4.07. The molecule has 0 saturated heterocycles. The molecule has 0 radical (unpaired) electrons.